The second-order valence-corrected chi connectivity index (χ2v) is 6.98. The van der Waals surface area contributed by atoms with Crippen molar-refractivity contribution in [1.29, 1.82) is 0 Å². The van der Waals surface area contributed by atoms with Gasteiger partial charge in [-0.15, -0.1) is 0 Å². The first-order chi connectivity index (χ1) is 12.6. The molecule has 0 saturated carbocycles. The molecule has 1 aromatic carbocycles. The van der Waals surface area contributed by atoms with Gasteiger partial charge in [-0.05, 0) is 31.2 Å². The molecule has 0 aliphatic carbocycles. The third-order valence-corrected chi connectivity index (χ3v) is 5.10. The second kappa shape index (κ2) is 8.01. The standard InChI is InChI=1S/C20H26N2O4/c1-14-5-7-16(8-6-14)17-18(21-9-3-4-15(12-21)13-23)20(25)22(19(17)24)10-11-26-2/h5-8,15,23H,3-4,9-13H2,1-2H3. The van der Waals surface area contributed by atoms with Crippen molar-refractivity contribution in [2.75, 3.05) is 40.0 Å². The molecule has 0 bridgehead atoms. The van der Waals surface area contributed by atoms with Crippen LogP contribution in [0.5, 0.6) is 0 Å². The highest BCUT2D eigenvalue weighted by Gasteiger charge is 2.42. The lowest BCUT2D eigenvalue weighted by molar-refractivity contribution is -0.138. The van der Waals surface area contributed by atoms with Crippen molar-refractivity contribution in [2.45, 2.75) is 19.8 Å². The molecule has 1 aromatic rings. The summed E-state index contributed by atoms with van der Waals surface area (Å²) in [7, 11) is 1.55. The number of piperidine rings is 1. The number of amides is 2. The molecule has 1 unspecified atom stereocenters. The van der Waals surface area contributed by atoms with E-state index < -0.39 is 0 Å². The molecular weight excluding hydrogens is 332 g/mol. The van der Waals surface area contributed by atoms with E-state index in [1.54, 1.807) is 7.11 Å². The molecule has 0 radical (unpaired) electrons. The molecular formula is C20H26N2O4. The maximum Gasteiger partial charge on any atom is 0.277 e. The summed E-state index contributed by atoms with van der Waals surface area (Å²) in [6, 6.07) is 7.68. The van der Waals surface area contributed by atoms with Gasteiger partial charge in [-0.25, -0.2) is 0 Å². The van der Waals surface area contributed by atoms with Crippen molar-refractivity contribution in [2.24, 2.45) is 5.92 Å². The summed E-state index contributed by atoms with van der Waals surface area (Å²) in [6.07, 6.45) is 1.84. The molecule has 2 amide bonds. The Hall–Kier alpha value is -2.18. The van der Waals surface area contributed by atoms with E-state index in [0.717, 1.165) is 30.5 Å². The van der Waals surface area contributed by atoms with Crippen LogP contribution >= 0.6 is 0 Å². The average Bonchev–Trinajstić information content (AvgIpc) is 2.91. The summed E-state index contributed by atoms with van der Waals surface area (Å²) >= 11 is 0. The van der Waals surface area contributed by atoms with Crippen molar-refractivity contribution in [3.05, 3.63) is 41.1 Å². The molecule has 6 heteroatoms. The molecule has 1 fully saturated rings. The van der Waals surface area contributed by atoms with Crippen molar-refractivity contribution in [3.63, 3.8) is 0 Å². The summed E-state index contributed by atoms with van der Waals surface area (Å²) in [4.78, 5) is 29.3. The van der Waals surface area contributed by atoms with E-state index in [0.29, 0.717) is 24.4 Å². The number of rotatable bonds is 6. The van der Waals surface area contributed by atoms with Gasteiger partial charge < -0.3 is 14.7 Å². The predicted molar refractivity (Wildman–Crippen MR) is 98.1 cm³/mol. The number of likely N-dealkylation sites (tertiary alicyclic amines) is 1. The topological polar surface area (TPSA) is 70.1 Å². The number of nitrogens with zero attached hydrogens (tertiary/aromatic N) is 2. The second-order valence-electron chi connectivity index (χ2n) is 6.98. The molecule has 0 aromatic heterocycles. The molecule has 1 N–H and O–H groups in total. The lowest BCUT2D eigenvalue weighted by atomic mass is 9.96. The van der Waals surface area contributed by atoms with E-state index in [9.17, 15) is 14.7 Å². The molecule has 1 saturated heterocycles. The largest absolute Gasteiger partial charge is 0.396 e. The number of aliphatic hydroxyl groups excluding tert-OH is 1. The minimum atomic E-state index is -0.267. The Labute approximate surface area is 154 Å². The summed E-state index contributed by atoms with van der Waals surface area (Å²) in [5.41, 5.74) is 2.79. The van der Waals surface area contributed by atoms with Crippen LogP contribution in [0.15, 0.2) is 30.0 Å². The van der Waals surface area contributed by atoms with Crippen molar-refractivity contribution < 1.29 is 19.4 Å². The van der Waals surface area contributed by atoms with Crippen molar-refractivity contribution in [1.82, 2.24) is 9.80 Å². The van der Waals surface area contributed by atoms with Crippen LogP contribution in [-0.2, 0) is 14.3 Å². The van der Waals surface area contributed by atoms with Gasteiger partial charge in [0, 0.05) is 26.8 Å². The Morgan fingerprint density at radius 3 is 2.58 bits per heavy atom. The lowest BCUT2D eigenvalue weighted by Crippen LogP contribution is -2.41. The summed E-state index contributed by atoms with van der Waals surface area (Å²) < 4.78 is 5.06. The molecule has 6 nitrogen and oxygen atoms in total. The number of aliphatic hydroxyl groups is 1. The Morgan fingerprint density at radius 1 is 1.19 bits per heavy atom. The van der Waals surface area contributed by atoms with Crippen molar-refractivity contribution in [3.8, 4) is 0 Å². The van der Waals surface area contributed by atoms with Gasteiger partial charge in [0.05, 0.1) is 18.7 Å². The molecule has 140 valence electrons. The van der Waals surface area contributed by atoms with Crippen LogP contribution in [0.4, 0.5) is 0 Å². The van der Waals surface area contributed by atoms with E-state index in [-0.39, 0.29) is 30.9 Å². The van der Waals surface area contributed by atoms with Gasteiger partial charge in [0.15, 0.2) is 0 Å². The molecule has 2 aliphatic heterocycles. The van der Waals surface area contributed by atoms with Gasteiger partial charge >= 0.3 is 0 Å². The van der Waals surface area contributed by atoms with Crippen LogP contribution in [-0.4, -0.2) is 66.7 Å². The summed E-state index contributed by atoms with van der Waals surface area (Å²) in [5.74, 6) is -0.398. The molecule has 0 spiro atoms. The summed E-state index contributed by atoms with van der Waals surface area (Å²) in [5, 5.41) is 9.53. The maximum absolute atomic E-state index is 13.1. The first-order valence-electron chi connectivity index (χ1n) is 9.09. The number of methoxy groups -OCH3 is 1. The van der Waals surface area contributed by atoms with Crippen LogP contribution in [0, 0.1) is 12.8 Å². The van der Waals surface area contributed by atoms with Gasteiger partial charge in [-0.3, -0.25) is 14.5 Å². The normalized spacial score (nSPS) is 21.1. The number of ether oxygens (including phenoxy) is 1. The fourth-order valence-corrected chi connectivity index (χ4v) is 3.64. The Balaban J connectivity index is 2.01. The van der Waals surface area contributed by atoms with Gasteiger partial charge in [0.2, 0.25) is 0 Å². The summed E-state index contributed by atoms with van der Waals surface area (Å²) in [6.45, 7) is 3.95. The number of hydrogen-bond acceptors (Lipinski definition) is 5. The van der Waals surface area contributed by atoms with Crippen LogP contribution < -0.4 is 0 Å². The number of aryl methyl sites for hydroxylation is 1. The highest BCUT2D eigenvalue weighted by atomic mass is 16.5. The van der Waals surface area contributed by atoms with E-state index in [1.165, 1.54) is 4.90 Å². The zero-order chi connectivity index (χ0) is 18.7. The number of benzene rings is 1. The number of hydrogen-bond donors (Lipinski definition) is 1. The monoisotopic (exact) mass is 358 g/mol. The van der Waals surface area contributed by atoms with Crippen LogP contribution in [0.1, 0.15) is 24.0 Å². The van der Waals surface area contributed by atoms with Crippen LogP contribution in [0.25, 0.3) is 5.57 Å². The fraction of sp³-hybridized carbons (Fsp3) is 0.500. The smallest absolute Gasteiger partial charge is 0.277 e. The van der Waals surface area contributed by atoms with Gasteiger partial charge in [0.25, 0.3) is 11.8 Å². The highest BCUT2D eigenvalue weighted by molar-refractivity contribution is 6.35. The quantitative estimate of drug-likeness (QED) is 0.779. The third kappa shape index (κ3) is 3.52. The molecule has 3 rings (SSSR count). The minimum absolute atomic E-state index is 0.0964. The molecule has 2 heterocycles. The minimum Gasteiger partial charge on any atom is -0.396 e. The highest BCUT2D eigenvalue weighted by Crippen LogP contribution is 2.33. The number of carbonyl (C=O) groups excluding carboxylic acids is 2. The van der Waals surface area contributed by atoms with Crippen LogP contribution in [0.3, 0.4) is 0 Å². The van der Waals surface area contributed by atoms with Gasteiger partial charge in [-0.1, -0.05) is 29.8 Å². The first kappa shape index (κ1) is 18.6. The fourth-order valence-electron chi connectivity index (χ4n) is 3.64. The zero-order valence-corrected chi connectivity index (χ0v) is 15.4. The predicted octanol–water partition coefficient (Wildman–Crippen LogP) is 1.43. The zero-order valence-electron chi connectivity index (χ0n) is 15.4. The third-order valence-electron chi connectivity index (χ3n) is 5.10. The van der Waals surface area contributed by atoms with E-state index in [1.807, 2.05) is 36.1 Å². The van der Waals surface area contributed by atoms with E-state index in [4.69, 9.17) is 4.74 Å². The lowest BCUT2D eigenvalue weighted by Gasteiger charge is -2.34. The van der Waals surface area contributed by atoms with Crippen molar-refractivity contribution >= 4 is 17.4 Å². The molecule has 1 atom stereocenters. The molecule has 26 heavy (non-hydrogen) atoms. The Morgan fingerprint density at radius 2 is 1.92 bits per heavy atom. The maximum atomic E-state index is 13.1. The number of imide groups is 1. The Bertz CT molecular complexity index is 711. The van der Waals surface area contributed by atoms with E-state index in [2.05, 4.69) is 0 Å². The van der Waals surface area contributed by atoms with E-state index >= 15 is 0 Å². The van der Waals surface area contributed by atoms with Crippen LogP contribution in [0.2, 0.25) is 0 Å². The Kier molecular flexibility index (Phi) is 5.74. The first-order valence-corrected chi connectivity index (χ1v) is 9.09. The number of carbonyl (C=O) groups is 2. The SMILES string of the molecule is COCCN1C(=O)C(c2ccc(C)cc2)=C(N2CCCC(CO)C2)C1=O. The van der Waals surface area contributed by atoms with Gasteiger partial charge in [0.1, 0.15) is 5.70 Å². The van der Waals surface area contributed by atoms with Gasteiger partial charge in [-0.2, -0.15) is 0 Å². The average molecular weight is 358 g/mol. The molecule has 2 aliphatic rings.